The molecule has 0 radical (unpaired) electrons. The summed E-state index contributed by atoms with van der Waals surface area (Å²) in [6.45, 7) is 1.46. The molecular weight excluding hydrogens is 477 g/mol. The van der Waals surface area contributed by atoms with E-state index in [2.05, 4.69) is 20.2 Å². The molecule has 1 aliphatic carbocycles. The minimum Gasteiger partial charge on any atom is -0.381 e. The van der Waals surface area contributed by atoms with Crippen molar-refractivity contribution >= 4 is 57.9 Å². The Morgan fingerprint density at radius 3 is 2.44 bits per heavy atom. The number of anilines is 3. The van der Waals surface area contributed by atoms with Gasteiger partial charge >= 0.3 is 0 Å². The van der Waals surface area contributed by atoms with Crippen LogP contribution in [0.4, 0.5) is 17.6 Å². The lowest BCUT2D eigenvalue weighted by Gasteiger charge is -2.29. The number of hydrogen-bond acceptors (Lipinski definition) is 7. The van der Waals surface area contributed by atoms with Crippen LogP contribution in [-0.2, 0) is 9.53 Å². The third-order valence-corrected chi connectivity index (χ3v) is 7.28. The highest BCUT2D eigenvalue weighted by Crippen LogP contribution is 2.39. The Hall–Kier alpha value is -2.62. The molecule has 5 rings (SSSR count). The van der Waals surface area contributed by atoms with Gasteiger partial charge in [-0.15, -0.1) is 0 Å². The van der Waals surface area contributed by atoms with Gasteiger partial charge in [0.2, 0.25) is 17.8 Å². The number of primary amides is 1. The summed E-state index contributed by atoms with van der Waals surface area (Å²) in [6.07, 6.45) is 6.59. The number of carbonyl (C=O) groups is 1. The van der Waals surface area contributed by atoms with E-state index in [1.165, 1.54) is 0 Å². The van der Waals surface area contributed by atoms with E-state index in [0.29, 0.717) is 33.1 Å². The number of aromatic nitrogens is 4. The molecule has 4 N–H and O–H groups in total. The summed E-state index contributed by atoms with van der Waals surface area (Å²) in [5.74, 6) is 0.819. The molecular formula is C23H27Cl2N7O2. The third kappa shape index (κ3) is 4.78. The lowest BCUT2D eigenvalue weighted by atomic mass is 9.85. The number of hydrogen-bond donors (Lipinski definition) is 3. The van der Waals surface area contributed by atoms with Crippen molar-refractivity contribution < 1.29 is 9.53 Å². The highest BCUT2D eigenvalue weighted by Gasteiger charge is 2.29. The van der Waals surface area contributed by atoms with Crippen molar-refractivity contribution in [2.75, 3.05) is 23.8 Å². The summed E-state index contributed by atoms with van der Waals surface area (Å²) in [7, 11) is 0. The van der Waals surface area contributed by atoms with E-state index in [1.807, 2.05) is 0 Å². The van der Waals surface area contributed by atoms with E-state index in [-0.39, 0.29) is 23.9 Å². The van der Waals surface area contributed by atoms with E-state index in [9.17, 15) is 4.79 Å². The molecule has 34 heavy (non-hydrogen) atoms. The number of rotatable bonds is 6. The second-order valence-corrected chi connectivity index (χ2v) is 9.68. The number of nitrogens with one attached hydrogen (secondary N) is 2. The molecule has 0 atom stereocenters. The first-order valence-electron chi connectivity index (χ1n) is 11.6. The van der Waals surface area contributed by atoms with E-state index >= 15 is 0 Å². The molecule has 1 aliphatic heterocycles. The summed E-state index contributed by atoms with van der Waals surface area (Å²) in [5, 5.41) is 7.75. The fourth-order valence-electron chi connectivity index (χ4n) is 4.77. The summed E-state index contributed by atoms with van der Waals surface area (Å²) < 4.78 is 7.54. The van der Waals surface area contributed by atoms with Gasteiger partial charge < -0.3 is 21.1 Å². The molecule has 3 heterocycles. The predicted octanol–water partition coefficient (Wildman–Crippen LogP) is 4.68. The number of para-hydroxylation sites is 1. The van der Waals surface area contributed by atoms with Gasteiger partial charge in [-0.2, -0.15) is 4.98 Å². The van der Waals surface area contributed by atoms with Crippen LogP contribution < -0.4 is 16.4 Å². The number of benzene rings is 1. The van der Waals surface area contributed by atoms with Crippen LogP contribution >= 0.6 is 23.2 Å². The standard InChI is InChI=1S/C23H27Cl2N7O2/c24-16-2-1-3-17(25)19(16)30-23-29-18-12-27-22(28-14-8-10-34-11-9-14)31-21(18)32(23)15-6-4-13(5-7-15)20(26)33/h1-3,12-15H,4-11H2,(H2,26,33)(H,29,30)(H,27,28,31)/t13-,15+. The van der Waals surface area contributed by atoms with Gasteiger partial charge in [-0.05, 0) is 50.7 Å². The monoisotopic (exact) mass is 503 g/mol. The fraction of sp³-hybridized carbons (Fsp3) is 0.478. The van der Waals surface area contributed by atoms with Crippen LogP contribution in [0.15, 0.2) is 24.4 Å². The molecule has 0 bridgehead atoms. The Bertz CT molecular complexity index is 1170. The molecule has 11 heteroatoms. The minimum absolute atomic E-state index is 0.0928. The largest absolute Gasteiger partial charge is 0.381 e. The first-order valence-corrected chi connectivity index (χ1v) is 12.3. The van der Waals surface area contributed by atoms with Gasteiger partial charge in [-0.3, -0.25) is 9.36 Å². The molecule has 180 valence electrons. The molecule has 2 fully saturated rings. The quantitative estimate of drug-likeness (QED) is 0.446. The van der Waals surface area contributed by atoms with E-state index in [4.69, 9.17) is 43.6 Å². The number of nitrogens with zero attached hydrogens (tertiary/aromatic N) is 4. The van der Waals surface area contributed by atoms with Crippen molar-refractivity contribution in [2.45, 2.75) is 50.6 Å². The van der Waals surface area contributed by atoms with Crippen molar-refractivity contribution in [3.8, 4) is 0 Å². The Kier molecular flexibility index (Phi) is 6.76. The molecule has 1 saturated carbocycles. The summed E-state index contributed by atoms with van der Waals surface area (Å²) in [4.78, 5) is 25.8. The van der Waals surface area contributed by atoms with Crippen LogP contribution in [0.25, 0.3) is 11.2 Å². The fourth-order valence-corrected chi connectivity index (χ4v) is 5.26. The van der Waals surface area contributed by atoms with Gasteiger partial charge in [0.05, 0.1) is 21.9 Å². The molecule has 0 spiro atoms. The second-order valence-electron chi connectivity index (χ2n) is 8.87. The van der Waals surface area contributed by atoms with Gasteiger partial charge in [0.15, 0.2) is 5.65 Å². The third-order valence-electron chi connectivity index (χ3n) is 6.65. The molecule has 3 aromatic rings. The number of ether oxygens (including phenoxy) is 1. The van der Waals surface area contributed by atoms with Crippen molar-refractivity contribution in [2.24, 2.45) is 11.7 Å². The number of nitrogens with two attached hydrogens (primary N) is 1. The van der Waals surface area contributed by atoms with Crippen molar-refractivity contribution in [1.82, 2.24) is 19.5 Å². The van der Waals surface area contributed by atoms with Gasteiger partial charge in [0.1, 0.15) is 5.52 Å². The zero-order valence-electron chi connectivity index (χ0n) is 18.6. The smallest absolute Gasteiger partial charge is 0.224 e. The van der Waals surface area contributed by atoms with E-state index in [1.54, 1.807) is 24.4 Å². The Balaban J connectivity index is 1.52. The Labute approximate surface area is 207 Å². The van der Waals surface area contributed by atoms with Gasteiger partial charge in [0, 0.05) is 31.2 Å². The SMILES string of the molecule is NC(=O)[C@H]1CC[C@@H](n2c(Nc3c(Cl)cccc3Cl)nc3cnc(NC4CCOCC4)nc32)CC1. The normalized spacial score (nSPS) is 21.5. The second kappa shape index (κ2) is 9.93. The highest BCUT2D eigenvalue weighted by molar-refractivity contribution is 6.39. The van der Waals surface area contributed by atoms with Crippen LogP contribution in [0, 0.1) is 5.92 Å². The molecule has 2 aromatic heterocycles. The maximum absolute atomic E-state index is 11.7. The van der Waals surface area contributed by atoms with Crippen LogP contribution in [0.2, 0.25) is 10.0 Å². The number of halogens is 2. The number of carbonyl (C=O) groups excluding carboxylic acids is 1. The maximum atomic E-state index is 11.7. The topological polar surface area (TPSA) is 120 Å². The van der Waals surface area contributed by atoms with E-state index < -0.39 is 0 Å². The van der Waals surface area contributed by atoms with Gasteiger partial charge in [-0.25, -0.2) is 9.97 Å². The number of fused-ring (bicyclic) bond motifs is 1. The van der Waals surface area contributed by atoms with Gasteiger partial charge in [-0.1, -0.05) is 29.3 Å². The highest BCUT2D eigenvalue weighted by atomic mass is 35.5. The Morgan fingerprint density at radius 1 is 1.06 bits per heavy atom. The summed E-state index contributed by atoms with van der Waals surface area (Å²) >= 11 is 12.8. The zero-order valence-corrected chi connectivity index (χ0v) is 20.1. The number of imidazole rings is 1. The summed E-state index contributed by atoms with van der Waals surface area (Å²) in [5.41, 5.74) is 7.53. The first kappa shape index (κ1) is 23.1. The molecule has 1 amide bonds. The molecule has 9 nitrogen and oxygen atoms in total. The van der Waals surface area contributed by atoms with E-state index in [0.717, 1.165) is 57.4 Å². The first-order chi connectivity index (χ1) is 16.5. The van der Waals surface area contributed by atoms with Crippen molar-refractivity contribution in [1.29, 1.82) is 0 Å². The summed E-state index contributed by atoms with van der Waals surface area (Å²) in [6, 6.07) is 5.71. The van der Waals surface area contributed by atoms with Crippen LogP contribution in [0.5, 0.6) is 0 Å². The van der Waals surface area contributed by atoms with Gasteiger partial charge in [0.25, 0.3) is 0 Å². The molecule has 2 aliphatic rings. The Morgan fingerprint density at radius 2 is 1.76 bits per heavy atom. The minimum atomic E-state index is -0.236. The average molecular weight is 504 g/mol. The molecule has 1 aromatic carbocycles. The van der Waals surface area contributed by atoms with Crippen molar-refractivity contribution in [3.63, 3.8) is 0 Å². The zero-order chi connectivity index (χ0) is 23.7. The molecule has 1 saturated heterocycles. The van der Waals surface area contributed by atoms with Crippen LogP contribution in [0.3, 0.4) is 0 Å². The number of amides is 1. The molecule has 0 unspecified atom stereocenters. The average Bonchev–Trinajstić information content (AvgIpc) is 3.19. The maximum Gasteiger partial charge on any atom is 0.224 e. The predicted molar refractivity (Wildman–Crippen MR) is 133 cm³/mol. The van der Waals surface area contributed by atoms with Crippen LogP contribution in [-0.4, -0.2) is 44.7 Å². The van der Waals surface area contributed by atoms with Crippen LogP contribution in [0.1, 0.15) is 44.6 Å². The lowest BCUT2D eigenvalue weighted by Crippen LogP contribution is -2.29. The van der Waals surface area contributed by atoms with Crippen molar-refractivity contribution in [3.05, 3.63) is 34.4 Å². The lowest BCUT2D eigenvalue weighted by molar-refractivity contribution is -0.122.